The van der Waals surface area contributed by atoms with Crippen LogP contribution >= 0.6 is 0 Å². The zero-order chi connectivity index (χ0) is 17.2. The molecule has 0 aliphatic heterocycles. The number of hydrogen-bond acceptors (Lipinski definition) is 5. The minimum absolute atomic E-state index is 0.0484. The van der Waals surface area contributed by atoms with Gasteiger partial charge in [-0.05, 0) is 31.9 Å². The number of anilines is 1. The first-order valence-corrected chi connectivity index (χ1v) is 7.29. The van der Waals surface area contributed by atoms with Crippen LogP contribution in [0.4, 0.5) is 10.5 Å². The molecule has 0 atom stereocenters. The molecule has 6 nitrogen and oxygen atoms in total. The third kappa shape index (κ3) is 4.18. The molecule has 2 aromatic carbocycles. The largest absolute Gasteiger partial charge is 0.444 e. The molecule has 0 aromatic heterocycles. The van der Waals surface area contributed by atoms with Crippen LogP contribution in [0.25, 0.3) is 0 Å². The number of alkyl carbamates (subject to hydrolysis) is 1. The van der Waals surface area contributed by atoms with E-state index in [1.165, 1.54) is 0 Å². The van der Waals surface area contributed by atoms with E-state index >= 15 is 0 Å². The van der Waals surface area contributed by atoms with Gasteiger partial charge >= 0.3 is 6.09 Å². The fourth-order valence-electron chi connectivity index (χ4n) is 2.17. The number of nitrogens with one attached hydrogen (secondary N) is 1. The fourth-order valence-corrected chi connectivity index (χ4v) is 2.17. The summed E-state index contributed by atoms with van der Waals surface area (Å²) in [5.74, 6) is 0. The number of amides is 1. The molecule has 0 fully saturated rings. The predicted molar refractivity (Wildman–Crippen MR) is 88.1 cm³/mol. The molecule has 1 amide bonds. The second-order valence-corrected chi connectivity index (χ2v) is 6.40. The van der Waals surface area contributed by atoms with Gasteiger partial charge in [-0.2, -0.15) is 0 Å². The Kier molecular flexibility index (Phi) is 4.54. The van der Waals surface area contributed by atoms with Gasteiger partial charge in [0.1, 0.15) is 5.60 Å². The van der Waals surface area contributed by atoms with Crippen LogP contribution in [-0.4, -0.2) is 11.7 Å². The Balaban J connectivity index is 1.99. The Labute approximate surface area is 134 Å². The number of rotatable bonds is 4. The van der Waals surface area contributed by atoms with Gasteiger partial charge in [0.05, 0.1) is 5.69 Å². The van der Waals surface area contributed by atoms with E-state index in [0.29, 0.717) is 18.5 Å². The molecule has 3 N–H and O–H groups in total. The van der Waals surface area contributed by atoms with Gasteiger partial charge in [0, 0.05) is 18.5 Å². The lowest BCUT2D eigenvalue weighted by Gasteiger charge is -2.19. The standard InChI is InChI=1S/C17H20N2O4/c1-17(2,3)23-16(22)19-9-11-6-4-5-10(7-11)8-12-13(18)15(21)14(12)20/h4-7H,8-9,18H2,1-3H3,(H,19,22). The van der Waals surface area contributed by atoms with E-state index in [2.05, 4.69) is 5.32 Å². The maximum atomic E-state index is 11.6. The Morgan fingerprint density at radius 2 is 1.83 bits per heavy atom. The lowest BCUT2D eigenvalue weighted by molar-refractivity contribution is 0.0523. The fraction of sp³-hybridized carbons (Fsp3) is 0.353. The molecule has 0 aliphatic rings. The summed E-state index contributed by atoms with van der Waals surface area (Å²) in [6.07, 6.45) is -0.175. The van der Waals surface area contributed by atoms with E-state index in [1.54, 1.807) is 20.8 Å². The molecule has 0 saturated heterocycles. The summed E-state index contributed by atoms with van der Waals surface area (Å²) in [7, 11) is 0. The van der Waals surface area contributed by atoms with Crippen molar-refractivity contribution in [2.45, 2.75) is 39.3 Å². The molecule has 0 unspecified atom stereocenters. The second-order valence-electron chi connectivity index (χ2n) is 6.40. The number of carbonyl (C=O) groups is 1. The smallest absolute Gasteiger partial charge is 0.407 e. The monoisotopic (exact) mass is 316 g/mol. The van der Waals surface area contributed by atoms with Crippen LogP contribution in [0.1, 0.15) is 37.5 Å². The lowest BCUT2D eigenvalue weighted by Crippen LogP contribution is -2.38. The van der Waals surface area contributed by atoms with Crippen molar-refractivity contribution in [2.24, 2.45) is 0 Å². The van der Waals surface area contributed by atoms with Crippen molar-refractivity contribution >= 4 is 11.8 Å². The Morgan fingerprint density at radius 1 is 1.17 bits per heavy atom. The second kappa shape index (κ2) is 6.24. The first-order valence-electron chi connectivity index (χ1n) is 7.29. The van der Waals surface area contributed by atoms with Crippen molar-refractivity contribution in [3.63, 3.8) is 0 Å². The summed E-state index contributed by atoms with van der Waals surface area (Å²) in [6, 6.07) is 7.37. The SMILES string of the molecule is CC(C)(C)OC(=O)NCc1cccc(Cc2c(N)c(=O)c2=O)c1. The van der Waals surface area contributed by atoms with Crippen LogP contribution in [0.15, 0.2) is 33.9 Å². The van der Waals surface area contributed by atoms with Gasteiger partial charge in [-0.3, -0.25) is 9.59 Å². The molecular weight excluding hydrogens is 296 g/mol. The molecule has 0 spiro atoms. The van der Waals surface area contributed by atoms with Crippen LogP contribution < -0.4 is 21.9 Å². The Hall–Kier alpha value is -2.63. The van der Waals surface area contributed by atoms with Gasteiger partial charge < -0.3 is 15.8 Å². The highest BCUT2D eigenvalue weighted by Crippen LogP contribution is 2.13. The summed E-state index contributed by atoms with van der Waals surface area (Å²) < 4.78 is 5.16. The van der Waals surface area contributed by atoms with Gasteiger partial charge in [0.25, 0.3) is 0 Å². The maximum Gasteiger partial charge on any atom is 0.407 e. The number of benzene rings is 1. The molecule has 23 heavy (non-hydrogen) atoms. The third-order valence-electron chi connectivity index (χ3n) is 3.26. The van der Waals surface area contributed by atoms with E-state index in [4.69, 9.17) is 10.5 Å². The molecule has 0 aliphatic carbocycles. The van der Waals surface area contributed by atoms with Gasteiger partial charge in [-0.25, -0.2) is 4.79 Å². The molecule has 0 heterocycles. The first kappa shape index (κ1) is 16.7. The van der Waals surface area contributed by atoms with Crippen LogP contribution in [-0.2, 0) is 17.7 Å². The Morgan fingerprint density at radius 3 is 2.43 bits per heavy atom. The summed E-state index contributed by atoms with van der Waals surface area (Å²) in [6.45, 7) is 5.69. The molecule has 6 heteroatoms. The van der Waals surface area contributed by atoms with Crippen molar-refractivity contribution in [3.05, 3.63) is 61.4 Å². The Bertz CT molecular complexity index is 796. The van der Waals surface area contributed by atoms with Gasteiger partial charge in [0.2, 0.25) is 10.9 Å². The van der Waals surface area contributed by atoms with Gasteiger partial charge in [0.15, 0.2) is 0 Å². The van der Waals surface area contributed by atoms with E-state index in [1.807, 2.05) is 24.3 Å². The van der Waals surface area contributed by atoms with Crippen LogP contribution in [0.2, 0.25) is 0 Å². The average Bonchev–Trinajstić information content (AvgIpc) is 2.48. The molecule has 0 radical (unpaired) electrons. The zero-order valence-corrected chi connectivity index (χ0v) is 13.4. The number of hydrogen-bond donors (Lipinski definition) is 2. The highest BCUT2D eigenvalue weighted by atomic mass is 16.6. The summed E-state index contributed by atoms with van der Waals surface area (Å²) in [4.78, 5) is 34.2. The maximum absolute atomic E-state index is 11.6. The van der Waals surface area contributed by atoms with Crippen LogP contribution in [0, 0.1) is 0 Å². The molecule has 122 valence electrons. The molecular formula is C17H20N2O4. The number of ether oxygens (including phenoxy) is 1. The average molecular weight is 316 g/mol. The number of nitrogens with two attached hydrogens (primary N) is 1. The third-order valence-corrected chi connectivity index (χ3v) is 3.26. The number of carbonyl (C=O) groups excluding carboxylic acids is 1. The minimum Gasteiger partial charge on any atom is -0.444 e. The van der Waals surface area contributed by atoms with E-state index in [-0.39, 0.29) is 5.69 Å². The van der Waals surface area contributed by atoms with Gasteiger partial charge in [-0.15, -0.1) is 0 Å². The summed E-state index contributed by atoms with van der Waals surface area (Å²) in [5.41, 5.74) is 5.99. The molecule has 2 rings (SSSR count). The minimum atomic E-state index is -0.609. The normalized spacial score (nSPS) is 11.4. The molecule has 0 bridgehead atoms. The first-order chi connectivity index (χ1) is 10.7. The lowest BCUT2D eigenvalue weighted by atomic mass is 9.98. The quantitative estimate of drug-likeness (QED) is 0.833. The van der Waals surface area contributed by atoms with Crippen molar-refractivity contribution < 1.29 is 9.53 Å². The van der Waals surface area contributed by atoms with Gasteiger partial charge in [-0.1, -0.05) is 24.3 Å². The van der Waals surface area contributed by atoms with E-state index in [0.717, 1.165) is 11.1 Å². The highest BCUT2D eigenvalue weighted by Gasteiger charge is 2.18. The van der Waals surface area contributed by atoms with Crippen LogP contribution in [0.3, 0.4) is 0 Å². The summed E-state index contributed by atoms with van der Waals surface area (Å²) >= 11 is 0. The zero-order valence-electron chi connectivity index (χ0n) is 13.4. The molecule has 2 aromatic rings. The van der Waals surface area contributed by atoms with Crippen molar-refractivity contribution in [2.75, 3.05) is 5.73 Å². The van der Waals surface area contributed by atoms with E-state index < -0.39 is 22.6 Å². The summed E-state index contributed by atoms with van der Waals surface area (Å²) in [5, 5.41) is 2.67. The van der Waals surface area contributed by atoms with Crippen LogP contribution in [0.5, 0.6) is 0 Å². The predicted octanol–water partition coefficient (Wildman–Crippen LogP) is 1.48. The highest BCUT2D eigenvalue weighted by molar-refractivity contribution is 5.67. The van der Waals surface area contributed by atoms with Crippen molar-refractivity contribution in [3.8, 4) is 0 Å². The van der Waals surface area contributed by atoms with Crippen molar-refractivity contribution in [1.82, 2.24) is 5.32 Å². The number of nitrogen functional groups attached to an aromatic ring is 1. The van der Waals surface area contributed by atoms with Crippen molar-refractivity contribution in [1.29, 1.82) is 0 Å². The van der Waals surface area contributed by atoms with E-state index in [9.17, 15) is 14.4 Å². The molecule has 0 saturated carbocycles. The topological polar surface area (TPSA) is 98.5 Å².